The lowest BCUT2D eigenvalue weighted by molar-refractivity contribution is -0.113. The maximum Gasteiger partial charge on any atom is 0.271 e. The van der Waals surface area contributed by atoms with Gasteiger partial charge in [-0.2, -0.15) is 0 Å². The van der Waals surface area contributed by atoms with Crippen LogP contribution in [-0.2, 0) is 4.79 Å². The summed E-state index contributed by atoms with van der Waals surface area (Å²) in [6.07, 6.45) is 1.88. The summed E-state index contributed by atoms with van der Waals surface area (Å²) in [5, 5.41) is 2.97. The molecule has 3 aromatic carbocycles. The van der Waals surface area contributed by atoms with Crippen LogP contribution in [-0.4, -0.2) is 17.6 Å². The third kappa shape index (κ3) is 4.53. The molecule has 4 aromatic rings. The molecule has 0 aliphatic carbocycles. The summed E-state index contributed by atoms with van der Waals surface area (Å²) < 4.78 is 7.51. The zero-order valence-corrected chi connectivity index (χ0v) is 21.0. The van der Waals surface area contributed by atoms with Crippen LogP contribution in [0.25, 0.3) is 6.08 Å². The predicted octanol–water partition coefficient (Wildman–Crippen LogP) is 4.19. The van der Waals surface area contributed by atoms with Gasteiger partial charge in [-0.3, -0.25) is 14.2 Å². The second-order valence-electron chi connectivity index (χ2n) is 8.59. The minimum absolute atomic E-state index is 0.182. The van der Waals surface area contributed by atoms with Gasteiger partial charge in [-0.15, -0.1) is 0 Å². The van der Waals surface area contributed by atoms with Crippen LogP contribution in [0.5, 0.6) is 5.75 Å². The van der Waals surface area contributed by atoms with Gasteiger partial charge in [-0.25, -0.2) is 4.99 Å². The standard InChI is InChI=1S/C29H25N3O3S/c1-18-8-7-9-20(16-18)17-24-28(34)32-26(21-12-14-23(35-3)15-13-21)25(19(2)30-29(32)36-24)27(33)31-22-10-5-4-6-11-22/h4-17,26H,1-3H3,(H,31,33)/t26-/m1/s1. The molecule has 0 radical (unpaired) electrons. The van der Waals surface area contributed by atoms with E-state index in [2.05, 4.69) is 5.32 Å². The maximum absolute atomic E-state index is 13.7. The highest BCUT2D eigenvalue weighted by Crippen LogP contribution is 2.31. The van der Waals surface area contributed by atoms with E-state index >= 15 is 0 Å². The van der Waals surface area contributed by atoms with E-state index in [0.29, 0.717) is 32.0 Å². The van der Waals surface area contributed by atoms with Gasteiger partial charge in [-0.05, 0) is 55.3 Å². The van der Waals surface area contributed by atoms with Crippen molar-refractivity contribution in [3.63, 3.8) is 0 Å². The number of hydrogen-bond acceptors (Lipinski definition) is 5. The number of nitrogens with one attached hydrogen (secondary N) is 1. The molecule has 0 spiro atoms. The maximum atomic E-state index is 13.7. The number of anilines is 1. The van der Waals surface area contributed by atoms with E-state index in [-0.39, 0.29) is 11.5 Å². The Hall–Kier alpha value is -4.23. The van der Waals surface area contributed by atoms with Gasteiger partial charge < -0.3 is 10.1 Å². The first-order valence-corrected chi connectivity index (χ1v) is 12.4. The van der Waals surface area contributed by atoms with Gasteiger partial charge in [0.15, 0.2) is 4.80 Å². The summed E-state index contributed by atoms with van der Waals surface area (Å²) in [5.41, 5.74) is 4.35. The van der Waals surface area contributed by atoms with E-state index in [4.69, 9.17) is 9.73 Å². The van der Waals surface area contributed by atoms with Crippen LogP contribution < -0.4 is 24.9 Å². The number of benzene rings is 3. The first-order valence-electron chi connectivity index (χ1n) is 11.5. The Balaban J connectivity index is 1.68. The lowest BCUT2D eigenvalue weighted by Crippen LogP contribution is -2.40. The molecule has 2 heterocycles. The number of fused-ring (bicyclic) bond motifs is 1. The SMILES string of the molecule is COc1ccc([C@@H]2C(C(=O)Nc3ccccc3)=C(C)N=c3sc(=Cc4cccc(C)c4)c(=O)n32)cc1. The van der Waals surface area contributed by atoms with Crippen LogP contribution in [0.4, 0.5) is 5.69 Å². The van der Waals surface area contributed by atoms with Crippen LogP contribution >= 0.6 is 11.3 Å². The van der Waals surface area contributed by atoms with Crippen molar-refractivity contribution < 1.29 is 9.53 Å². The molecule has 0 saturated heterocycles. The van der Waals surface area contributed by atoms with Gasteiger partial charge >= 0.3 is 0 Å². The third-order valence-electron chi connectivity index (χ3n) is 6.07. The molecule has 0 unspecified atom stereocenters. The Morgan fingerprint density at radius 1 is 1.03 bits per heavy atom. The number of nitrogens with zero attached hydrogens (tertiary/aromatic N) is 2. The zero-order valence-electron chi connectivity index (χ0n) is 20.2. The first-order chi connectivity index (χ1) is 17.4. The number of aryl methyl sites for hydroxylation is 1. The topological polar surface area (TPSA) is 72.7 Å². The smallest absolute Gasteiger partial charge is 0.271 e. The molecular weight excluding hydrogens is 470 g/mol. The van der Waals surface area contributed by atoms with Crippen molar-refractivity contribution in [1.82, 2.24) is 4.57 Å². The number of allylic oxidation sites excluding steroid dienone is 1. The molecule has 0 saturated carbocycles. The van der Waals surface area contributed by atoms with Crippen LogP contribution in [0.3, 0.4) is 0 Å². The Morgan fingerprint density at radius 3 is 2.47 bits per heavy atom. The third-order valence-corrected chi connectivity index (χ3v) is 7.05. The second-order valence-corrected chi connectivity index (χ2v) is 9.60. The molecule has 1 atom stereocenters. The lowest BCUT2D eigenvalue weighted by Gasteiger charge is -2.25. The van der Waals surface area contributed by atoms with Crippen LogP contribution in [0, 0.1) is 6.92 Å². The molecular formula is C29H25N3O3S. The van der Waals surface area contributed by atoms with Crippen molar-refractivity contribution in [2.45, 2.75) is 19.9 Å². The molecule has 36 heavy (non-hydrogen) atoms. The van der Waals surface area contributed by atoms with Crippen molar-refractivity contribution in [2.24, 2.45) is 4.99 Å². The zero-order chi connectivity index (χ0) is 25.2. The van der Waals surface area contributed by atoms with Crippen molar-refractivity contribution >= 4 is 29.0 Å². The van der Waals surface area contributed by atoms with E-state index in [1.165, 1.54) is 11.3 Å². The number of hydrogen-bond donors (Lipinski definition) is 1. The Bertz CT molecular complexity index is 1650. The number of rotatable bonds is 5. The minimum Gasteiger partial charge on any atom is -0.497 e. The number of amides is 1. The molecule has 1 aliphatic rings. The molecule has 5 rings (SSSR count). The molecule has 1 aromatic heterocycles. The Morgan fingerprint density at radius 2 is 1.78 bits per heavy atom. The van der Waals surface area contributed by atoms with Gasteiger partial charge in [0.05, 0.1) is 29.0 Å². The van der Waals surface area contributed by atoms with Crippen molar-refractivity contribution in [2.75, 3.05) is 12.4 Å². The number of methoxy groups -OCH3 is 1. The minimum atomic E-state index is -0.629. The van der Waals surface area contributed by atoms with Gasteiger partial charge in [-0.1, -0.05) is 71.5 Å². The summed E-state index contributed by atoms with van der Waals surface area (Å²) in [7, 11) is 1.60. The van der Waals surface area contributed by atoms with Crippen LogP contribution in [0.1, 0.15) is 29.7 Å². The van der Waals surface area contributed by atoms with Gasteiger partial charge in [0.1, 0.15) is 5.75 Å². The van der Waals surface area contributed by atoms with Crippen molar-refractivity contribution in [3.8, 4) is 5.75 Å². The van der Waals surface area contributed by atoms with E-state index in [0.717, 1.165) is 16.7 Å². The van der Waals surface area contributed by atoms with Crippen LogP contribution in [0.2, 0.25) is 0 Å². The largest absolute Gasteiger partial charge is 0.497 e. The first kappa shape index (κ1) is 23.5. The number of thiazole rings is 1. The van der Waals surface area contributed by atoms with Gasteiger partial charge in [0.25, 0.3) is 11.5 Å². The predicted molar refractivity (Wildman–Crippen MR) is 143 cm³/mol. The lowest BCUT2D eigenvalue weighted by atomic mass is 9.95. The second kappa shape index (κ2) is 9.79. The fourth-order valence-electron chi connectivity index (χ4n) is 4.34. The molecule has 180 valence electrons. The molecule has 1 amide bonds. The van der Waals surface area contributed by atoms with E-state index in [9.17, 15) is 9.59 Å². The number of carbonyl (C=O) groups is 1. The van der Waals surface area contributed by atoms with Crippen molar-refractivity contribution in [1.29, 1.82) is 0 Å². The highest BCUT2D eigenvalue weighted by atomic mass is 32.1. The molecule has 0 bridgehead atoms. The van der Waals surface area contributed by atoms with E-state index in [1.54, 1.807) is 11.7 Å². The molecule has 0 fully saturated rings. The quantitative estimate of drug-likeness (QED) is 0.451. The van der Waals surface area contributed by atoms with Crippen LogP contribution in [0.15, 0.2) is 99.9 Å². The fourth-order valence-corrected chi connectivity index (χ4v) is 5.39. The number of para-hydroxylation sites is 1. The summed E-state index contributed by atoms with van der Waals surface area (Å²) in [6, 6.07) is 24.1. The highest BCUT2D eigenvalue weighted by Gasteiger charge is 2.32. The number of aromatic nitrogens is 1. The molecule has 1 N–H and O–H groups in total. The summed E-state index contributed by atoms with van der Waals surface area (Å²) in [4.78, 5) is 32.6. The molecule has 7 heteroatoms. The molecule has 1 aliphatic heterocycles. The summed E-state index contributed by atoms with van der Waals surface area (Å²) in [6.45, 7) is 3.83. The van der Waals surface area contributed by atoms with E-state index < -0.39 is 6.04 Å². The van der Waals surface area contributed by atoms with Gasteiger partial charge in [0, 0.05) is 5.69 Å². The summed E-state index contributed by atoms with van der Waals surface area (Å²) in [5.74, 6) is 0.401. The Kier molecular flexibility index (Phi) is 6.40. The summed E-state index contributed by atoms with van der Waals surface area (Å²) >= 11 is 1.33. The highest BCUT2D eigenvalue weighted by molar-refractivity contribution is 7.07. The van der Waals surface area contributed by atoms with Crippen molar-refractivity contribution in [3.05, 3.63) is 127 Å². The average Bonchev–Trinajstić information content (AvgIpc) is 3.18. The normalized spacial score (nSPS) is 15.3. The average molecular weight is 496 g/mol. The number of carbonyl (C=O) groups excluding carboxylic acids is 1. The van der Waals surface area contributed by atoms with E-state index in [1.807, 2.05) is 98.8 Å². The Labute approximate surface area is 212 Å². The van der Waals surface area contributed by atoms with Gasteiger partial charge in [0.2, 0.25) is 0 Å². The fraction of sp³-hybridized carbons (Fsp3) is 0.138. The number of ether oxygens (including phenoxy) is 1. The molecule has 6 nitrogen and oxygen atoms in total. The monoisotopic (exact) mass is 495 g/mol.